The minimum Gasteiger partial charge on any atom is -0.464 e. The predicted octanol–water partition coefficient (Wildman–Crippen LogP) is 1.32. The maximum Gasteiger partial charge on any atom is 0.329 e. The van der Waals surface area contributed by atoms with Crippen molar-refractivity contribution in [2.24, 2.45) is 0 Å². The van der Waals surface area contributed by atoms with Gasteiger partial charge in [0.05, 0.1) is 6.61 Å². The first-order chi connectivity index (χ1) is 8.06. The van der Waals surface area contributed by atoms with Gasteiger partial charge in [-0.25, -0.2) is 9.59 Å². The van der Waals surface area contributed by atoms with E-state index >= 15 is 0 Å². The largest absolute Gasteiger partial charge is 0.464 e. The molecule has 17 heavy (non-hydrogen) atoms. The summed E-state index contributed by atoms with van der Waals surface area (Å²) in [6.07, 6.45) is 3.51. The molecule has 5 heteroatoms. The van der Waals surface area contributed by atoms with Crippen LogP contribution in [-0.4, -0.2) is 43.1 Å². The van der Waals surface area contributed by atoms with Crippen LogP contribution in [0.2, 0.25) is 0 Å². The highest BCUT2D eigenvalue weighted by atomic mass is 16.5. The molecule has 0 aromatic rings. The van der Waals surface area contributed by atoms with E-state index in [1.807, 2.05) is 0 Å². The third-order valence-electron chi connectivity index (χ3n) is 2.02. The molecule has 1 atom stereocenters. The van der Waals surface area contributed by atoms with Crippen LogP contribution in [0.5, 0.6) is 0 Å². The summed E-state index contributed by atoms with van der Waals surface area (Å²) in [5.41, 5.74) is 0. The maximum absolute atomic E-state index is 11.7. The fourth-order valence-corrected chi connectivity index (χ4v) is 1.16. The number of esters is 1. The van der Waals surface area contributed by atoms with E-state index in [1.54, 1.807) is 26.1 Å². The Hall–Kier alpha value is -1.78. The number of likely N-dealkylation sites (N-methyl/N-ethyl adjacent to an activating group) is 1. The number of hydrogen-bond donors (Lipinski definition) is 1. The molecular formula is C12H20N2O3. The number of ether oxygens (including phenoxy) is 1. The first-order valence-electron chi connectivity index (χ1n) is 5.46. The van der Waals surface area contributed by atoms with Gasteiger partial charge in [0.1, 0.15) is 6.04 Å². The molecule has 0 rings (SSSR count). The monoisotopic (exact) mass is 240 g/mol. The van der Waals surface area contributed by atoms with Gasteiger partial charge in [-0.1, -0.05) is 12.2 Å². The zero-order valence-electron chi connectivity index (χ0n) is 10.4. The van der Waals surface area contributed by atoms with E-state index in [1.165, 1.54) is 4.90 Å². The van der Waals surface area contributed by atoms with Gasteiger partial charge in [0.25, 0.3) is 0 Å². The van der Waals surface area contributed by atoms with Gasteiger partial charge in [-0.15, -0.1) is 13.2 Å². The number of urea groups is 1. The maximum atomic E-state index is 11.7. The molecule has 0 saturated carbocycles. The van der Waals surface area contributed by atoms with Crippen LogP contribution in [0.1, 0.15) is 13.3 Å². The molecule has 2 amide bonds. The normalized spacial score (nSPS) is 11.2. The van der Waals surface area contributed by atoms with Crippen molar-refractivity contribution in [3.8, 4) is 0 Å². The second-order valence-electron chi connectivity index (χ2n) is 3.45. The molecule has 0 aliphatic carbocycles. The molecule has 5 nitrogen and oxygen atoms in total. The molecule has 0 spiro atoms. The quantitative estimate of drug-likeness (QED) is 0.539. The Labute approximate surface area is 102 Å². The average molecular weight is 240 g/mol. The number of amides is 2. The third-order valence-corrected chi connectivity index (χ3v) is 2.02. The smallest absolute Gasteiger partial charge is 0.329 e. The molecule has 0 bridgehead atoms. The summed E-state index contributed by atoms with van der Waals surface area (Å²) in [7, 11) is 1.62. The summed E-state index contributed by atoms with van der Waals surface area (Å²) in [5, 5.41) is 2.58. The second-order valence-corrected chi connectivity index (χ2v) is 3.45. The van der Waals surface area contributed by atoms with Crippen LogP contribution < -0.4 is 5.32 Å². The van der Waals surface area contributed by atoms with Gasteiger partial charge < -0.3 is 15.0 Å². The van der Waals surface area contributed by atoms with Gasteiger partial charge in [-0.05, 0) is 13.3 Å². The molecule has 0 radical (unpaired) electrons. The van der Waals surface area contributed by atoms with Crippen LogP contribution in [0.15, 0.2) is 25.3 Å². The van der Waals surface area contributed by atoms with E-state index in [0.717, 1.165) is 0 Å². The first-order valence-corrected chi connectivity index (χ1v) is 5.46. The van der Waals surface area contributed by atoms with Gasteiger partial charge in [-0.3, -0.25) is 0 Å². The van der Waals surface area contributed by atoms with Gasteiger partial charge in [0.15, 0.2) is 0 Å². The summed E-state index contributed by atoms with van der Waals surface area (Å²) < 4.78 is 4.86. The number of nitrogens with zero attached hydrogens (tertiary/aromatic N) is 1. The lowest BCUT2D eigenvalue weighted by molar-refractivity contribution is -0.145. The number of rotatable bonds is 7. The van der Waals surface area contributed by atoms with E-state index < -0.39 is 12.0 Å². The summed E-state index contributed by atoms with van der Waals surface area (Å²) in [6.45, 7) is 9.49. The van der Waals surface area contributed by atoms with E-state index in [0.29, 0.717) is 13.0 Å². The molecule has 96 valence electrons. The van der Waals surface area contributed by atoms with Crippen LogP contribution in [0, 0.1) is 0 Å². The van der Waals surface area contributed by atoms with E-state index in [-0.39, 0.29) is 12.6 Å². The molecule has 0 aromatic carbocycles. The van der Waals surface area contributed by atoms with Crippen molar-refractivity contribution in [3.05, 3.63) is 25.3 Å². The highest BCUT2D eigenvalue weighted by molar-refractivity contribution is 5.83. The number of hydrogen-bond acceptors (Lipinski definition) is 3. The van der Waals surface area contributed by atoms with Crippen molar-refractivity contribution in [1.82, 2.24) is 10.2 Å². The van der Waals surface area contributed by atoms with E-state index in [4.69, 9.17) is 4.74 Å². The highest BCUT2D eigenvalue weighted by Crippen LogP contribution is 1.98. The SMILES string of the molecule is C=CCC(NC(=O)N(C)CC=C)C(=O)OCC. The zero-order valence-corrected chi connectivity index (χ0v) is 10.4. The molecule has 0 aliphatic rings. The molecule has 0 saturated heterocycles. The fourth-order valence-electron chi connectivity index (χ4n) is 1.16. The van der Waals surface area contributed by atoms with Gasteiger partial charge >= 0.3 is 12.0 Å². The lowest BCUT2D eigenvalue weighted by Crippen LogP contribution is -2.47. The average Bonchev–Trinajstić information content (AvgIpc) is 2.29. The summed E-state index contributed by atoms with van der Waals surface area (Å²) in [6, 6.07) is -1.03. The van der Waals surface area contributed by atoms with Crippen LogP contribution in [0.25, 0.3) is 0 Å². The van der Waals surface area contributed by atoms with Crippen molar-refractivity contribution in [1.29, 1.82) is 0 Å². The first kappa shape index (κ1) is 15.2. The van der Waals surface area contributed by atoms with Gasteiger partial charge in [0.2, 0.25) is 0 Å². The molecule has 0 aliphatic heterocycles. The molecule has 0 heterocycles. The Morgan fingerprint density at radius 3 is 2.53 bits per heavy atom. The predicted molar refractivity (Wildman–Crippen MR) is 66.6 cm³/mol. The van der Waals surface area contributed by atoms with Crippen LogP contribution in [0.4, 0.5) is 4.79 Å². The Morgan fingerprint density at radius 2 is 2.06 bits per heavy atom. The molecule has 0 aromatic heterocycles. The van der Waals surface area contributed by atoms with Gasteiger partial charge in [-0.2, -0.15) is 0 Å². The summed E-state index contributed by atoms with van der Waals surface area (Å²) >= 11 is 0. The molecule has 0 fully saturated rings. The fraction of sp³-hybridized carbons (Fsp3) is 0.500. The second kappa shape index (κ2) is 8.38. The Morgan fingerprint density at radius 1 is 1.41 bits per heavy atom. The number of nitrogens with one attached hydrogen (secondary N) is 1. The van der Waals surface area contributed by atoms with Crippen molar-refractivity contribution >= 4 is 12.0 Å². The van der Waals surface area contributed by atoms with Crippen LogP contribution in [-0.2, 0) is 9.53 Å². The van der Waals surface area contributed by atoms with E-state index in [2.05, 4.69) is 18.5 Å². The molecular weight excluding hydrogens is 220 g/mol. The van der Waals surface area contributed by atoms with Crippen LogP contribution in [0.3, 0.4) is 0 Å². The third kappa shape index (κ3) is 5.75. The standard InChI is InChI=1S/C12H20N2O3/c1-5-8-10(11(15)17-7-3)13-12(16)14(4)9-6-2/h5-6,10H,1-2,7-9H2,3-4H3,(H,13,16). The zero-order chi connectivity index (χ0) is 13.3. The Kier molecular flexibility index (Phi) is 7.50. The lowest BCUT2D eigenvalue weighted by atomic mass is 10.2. The number of carbonyl (C=O) groups excluding carboxylic acids is 2. The van der Waals surface area contributed by atoms with E-state index in [9.17, 15) is 9.59 Å². The Balaban J connectivity index is 4.42. The highest BCUT2D eigenvalue weighted by Gasteiger charge is 2.21. The van der Waals surface area contributed by atoms with Crippen LogP contribution >= 0.6 is 0 Å². The minimum atomic E-state index is -0.688. The van der Waals surface area contributed by atoms with Gasteiger partial charge in [0, 0.05) is 13.6 Å². The van der Waals surface area contributed by atoms with Crippen molar-refractivity contribution in [3.63, 3.8) is 0 Å². The lowest BCUT2D eigenvalue weighted by Gasteiger charge is -2.20. The minimum absolute atomic E-state index is 0.283. The van der Waals surface area contributed by atoms with Crippen molar-refractivity contribution < 1.29 is 14.3 Å². The van der Waals surface area contributed by atoms with Crippen molar-refractivity contribution in [2.45, 2.75) is 19.4 Å². The summed E-state index contributed by atoms with van der Waals surface area (Å²) in [4.78, 5) is 24.6. The topological polar surface area (TPSA) is 58.6 Å². The number of carbonyl (C=O) groups is 2. The Bertz CT molecular complexity index is 289. The molecule has 1 N–H and O–H groups in total. The molecule has 1 unspecified atom stereocenters. The summed E-state index contributed by atoms with van der Waals surface area (Å²) in [5.74, 6) is -0.451. The van der Waals surface area contributed by atoms with Crippen molar-refractivity contribution in [2.75, 3.05) is 20.2 Å².